The number of thioether (sulfide) groups is 1. The van der Waals surface area contributed by atoms with Gasteiger partial charge in [0, 0.05) is 5.75 Å². The lowest BCUT2D eigenvalue weighted by Gasteiger charge is -2.12. The van der Waals surface area contributed by atoms with Gasteiger partial charge in [-0.05, 0) is 12.2 Å². The second-order valence-electron chi connectivity index (χ2n) is 4.05. The second-order valence-corrected chi connectivity index (χ2v) is 5.20. The topological polar surface area (TPSA) is 66.8 Å². The highest BCUT2D eigenvalue weighted by molar-refractivity contribution is 7.99. The zero-order valence-corrected chi connectivity index (χ0v) is 10.4. The molecule has 0 aliphatic carbocycles. The molecule has 0 bridgehead atoms. The first-order chi connectivity index (χ1) is 7.66. The summed E-state index contributed by atoms with van der Waals surface area (Å²) in [5.74, 6) is 0.872. The van der Waals surface area contributed by atoms with E-state index in [1.165, 1.54) is 19.3 Å². The van der Waals surface area contributed by atoms with Crippen LogP contribution in [0.1, 0.15) is 32.6 Å². The van der Waals surface area contributed by atoms with Gasteiger partial charge in [0.05, 0.1) is 0 Å². The zero-order chi connectivity index (χ0) is 12.0. The molecular weight excluding hydrogens is 228 g/mol. The molecule has 2 N–H and O–H groups in total. The van der Waals surface area contributed by atoms with Crippen LogP contribution in [0.5, 0.6) is 0 Å². The highest BCUT2D eigenvalue weighted by Gasteiger charge is 2.42. The maximum Gasteiger partial charge on any atom is 0.338 e. The fourth-order valence-corrected chi connectivity index (χ4v) is 2.67. The molecule has 0 aromatic rings. The minimum absolute atomic E-state index is 0.543. The molecule has 4 nitrogen and oxygen atoms in total. The summed E-state index contributed by atoms with van der Waals surface area (Å²) in [4.78, 5) is 10.9. The van der Waals surface area contributed by atoms with Crippen LogP contribution in [0.2, 0.25) is 0 Å². The van der Waals surface area contributed by atoms with Crippen molar-refractivity contribution >= 4 is 17.7 Å². The van der Waals surface area contributed by atoms with Gasteiger partial charge < -0.3 is 14.9 Å². The quantitative estimate of drug-likeness (QED) is 0.518. The Kier molecular flexibility index (Phi) is 6.16. The largest absolute Gasteiger partial charge is 0.457 e. The minimum atomic E-state index is -1.36. The lowest BCUT2D eigenvalue weighted by molar-refractivity contribution is -0.146. The molecule has 1 heterocycles. The molecule has 16 heavy (non-hydrogen) atoms. The Bertz CT molecular complexity index is 222. The van der Waals surface area contributed by atoms with Gasteiger partial charge in [-0.15, -0.1) is 0 Å². The molecule has 0 spiro atoms. The Hall–Kier alpha value is -0.260. The van der Waals surface area contributed by atoms with E-state index < -0.39 is 24.3 Å². The van der Waals surface area contributed by atoms with E-state index in [4.69, 9.17) is 4.74 Å². The number of hydrogen-bond donors (Lipinski definition) is 2. The maximum atomic E-state index is 10.9. The van der Waals surface area contributed by atoms with E-state index in [0.29, 0.717) is 5.75 Å². The molecule has 94 valence electrons. The van der Waals surface area contributed by atoms with Crippen molar-refractivity contribution in [3.05, 3.63) is 0 Å². The molecule has 3 atom stereocenters. The maximum absolute atomic E-state index is 10.9. The summed E-state index contributed by atoms with van der Waals surface area (Å²) in [5, 5.41) is 18.6. The number of aliphatic hydroxyl groups excluding tert-OH is 2. The third-order valence-corrected chi connectivity index (χ3v) is 3.78. The van der Waals surface area contributed by atoms with Gasteiger partial charge in [-0.1, -0.05) is 26.2 Å². The van der Waals surface area contributed by atoms with Crippen LogP contribution in [0.25, 0.3) is 0 Å². The Labute approximate surface area is 100 Å². The average molecular weight is 248 g/mol. The smallest absolute Gasteiger partial charge is 0.338 e. The summed E-state index contributed by atoms with van der Waals surface area (Å²) in [6.45, 7) is 2.17. The summed E-state index contributed by atoms with van der Waals surface area (Å²) in [6.07, 6.45) is 1.88. The van der Waals surface area contributed by atoms with Crippen LogP contribution in [-0.4, -0.2) is 46.0 Å². The second kappa shape index (κ2) is 7.14. The lowest BCUT2D eigenvalue weighted by atomic mass is 10.2. The van der Waals surface area contributed by atoms with Crippen molar-refractivity contribution < 1.29 is 19.7 Å². The van der Waals surface area contributed by atoms with Crippen molar-refractivity contribution in [2.24, 2.45) is 0 Å². The molecule has 0 aromatic carbocycles. The summed E-state index contributed by atoms with van der Waals surface area (Å²) in [7, 11) is 0. The molecule has 1 saturated heterocycles. The highest BCUT2D eigenvalue weighted by Crippen LogP contribution is 2.20. The van der Waals surface area contributed by atoms with E-state index in [9.17, 15) is 15.0 Å². The molecular formula is C11H20O4S. The number of hydrogen-bond acceptors (Lipinski definition) is 5. The van der Waals surface area contributed by atoms with Crippen molar-refractivity contribution in [1.29, 1.82) is 0 Å². The van der Waals surface area contributed by atoms with E-state index >= 15 is 0 Å². The predicted molar refractivity (Wildman–Crippen MR) is 63.4 cm³/mol. The van der Waals surface area contributed by atoms with Crippen molar-refractivity contribution in [3.8, 4) is 0 Å². The van der Waals surface area contributed by atoms with Crippen molar-refractivity contribution in [2.45, 2.75) is 50.9 Å². The first kappa shape index (κ1) is 13.8. The first-order valence-electron chi connectivity index (χ1n) is 5.81. The van der Waals surface area contributed by atoms with Gasteiger partial charge in [0.2, 0.25) is 0 Å². The molecule has 0 radical (unpaired) electrons. The van der Waals surface area contributed by atoms with Crippen LogP contribution >= 0.6 is 11.8 Å². The number of carbonyl (C=O) groups is 1. The molecule has 1 aliphatic rings. The summed E-state index contributed by atoms with van der Waals surface area (Å²) in [6, 6.07) is 0. The number of unbranched alkanes of at least 4 members (excludes halogenated alkanes) is 3. The van der Waals surface area contributed by atoms with Gasteiger partial charge >= 0.3 is 5.97 Å². The lowest BCUT2D eigenvalue weighted by Crippen LogP contribution is -2.32. The summed E-state index contributed by atoms with van der Waals surface area (Å²) in [5.41, 5.74) is 0. The van der Waals surface area contributed by atoms with Gasteiger partial charge in [0.15, 0.2) is 6.10 Å². The van der Waals surface area contributed by atoms with Crippen LogP contribution in [0, 0.1) is 0 Å². The molecule has 0 amide bonds. The summed E-state index contributed by atoms with van der Waals surface area (Å²) < 4.78 is 4.85. The SMILES string of the molecule is CCCCCCSC[C@H]1OC(=O)[C@H](O)[C@@H]1O. The number of ether oxygens (including phenoxy) is 1. The molecule has 1 fully saturated rings. The Morgan fingerprint density at radius 2 is 2.06 bits per heavy atom. The number of cyclic esters (lactones) is 1. The Morgan fingerprint density at radius 1 is 1.31 bits per heavy atom. The van der Waals surface area contributed by atoms with E-state index in [-0.39, 0.29) is 0 Å². The van der Waals surface area contributed by atoms with Gasteiger partial charge in [-0.3, -0.25) is 0 Å². The predicted octanol–water partition coefficient (Wildman–Crippen LogP) is 0.947. The molecule has 1 rings (SSSR count). The Morgan fingerprint density at radius 3 is 2.62 bits per heavy atom. The van der Waals surface area contributed by atoms with Gasteiger partial charge in [-0.2, -0.15) is 11.8 Å². The average Bonchev–Trinajstić information content (AvgIpc) is 2.51. The van der Waals surface area contributed by atoms with Crippen LogP contribution in [0.15, 0.2) is 0 Å². The molecule has 0 aromatic heterocycles. The van der Waals surface area contributed by atoms with E-state index in [2.05, 4.69) is 6.92 Å². The zero-order valence-electron chi connectivity index (χ0n) is 9.59. The number of esters is 1. The molecule has 5 heteroatoms. The number of rotatable bonds is 7. The van der Waals surface area contributed by atoms with Gasteiger partial charge in [-0.25, -0.2) is 4.79 Å². The van der Waals surface area contributed by atoms with E-state index in [1.807, 2.05) is 0 Å². The van der Waals surface area contributed by atoms with Crippen molar-refractivity contribution in [1.82, 2.24) is 0 Å². The highest BCUT2D eigenvalue weighted by atomic mass is 32.2. The monoisotopic (exact) mass is 248 g/mol. The third-order valence-electron chi connectivity index (χ3n) is 2.64. The third kappa shape index (κ3) is 3.96. The molecule has 0 saturated carbocycles. The molecule has 1 aliphatic heterocycles. The van der Waals surface area contributed by atoms with Gasteiger partial charge in [0.25, 0.3) is 0 Å². The Balaban J connectivity index is 2.07. The number of aliphatic hydroxyl groups is 2. The fraction of sp³-hybridized carbons (Fsp3) is 0.909. The van der Waals surface area contributed by atoms with E-state index in [0.717, 1.165) is 12.2 Å². The number of carbonyl (C=O) groups excluding carboxylic acids is 1. The first-order valence-corrected chi connectivity index (χ1v) is 6.96. The van der Waals surface area contributed by atoms with Crippen LogP contribution in [0.4, 0.5) is 0 Å². The van der Waals surface area contributed by atoms with Crippen LogP contribution < -0.4 is 0 Å². The minimum Gasteiger partial charge on any atom is -0.457 e. The van der Waals surface area contributed by atoms with E-state index in [1.54, 1.807) is 11.8 Å². The van der Waals surface area contributed by atoms with Gasteiger partial charge in [0.1, 0.15) is 12.2 Å². The standard InChI is InChI=1S/C11H20O4S/c1-2-3-4-5-6-16-7-8-9(12)10(13)11(14)15-8/h8-10,12-13H,2-7H2,1H3/t8-,9-,10-/m1/s1. The normalized spacial score (nSPS) is 29.4. The molecule has 0 unspecified atom stereocenters. The van der Waals surface area contributed by atoms with Crippen LogP contribution in [0.3, 0.4) is 0 Å². The summed E-state index contributed by atoms with van der Waals surface area (Å²) >= 11 is 1.66. The van der Waals surface area contributed by atoms with Crippen LogP contribution in [-0.2, 0) is 9.53 Å². The van der Waals surface area contributed by atoms with Crippen molar-refractivity contribution in [2.75, 3.05) is 11.5 Å². The van der Waals surface area contributed by atoms with Crippen molar-refractivity contribution in [3.63, 3.8) is 0 Å². The fourth-order valence-electron chi connectivity index (χ4n) is 1.59.